The smallest absolute Gasteiger partial charge is 0.326 e. The number of allylic oxidation sites excluding steroid dienone is 1. The second-order valence-electron chi connectivity index (χ2n) is 3.25. The first kappa shape index (κ1) is 6.85. The standard InChI is InChI=1S/C8H11NO2/c9-8-4-2-1-3-6(8)5-11-7(8)10/h1-2,6H,3-5,9H2/t6-,8+/m0/s1. The van der Waals surface area contributed by atoms with Crippen LogP contribution < -0.4 is 5.73 Å². The van der Waals surface area contributed by atoms with Gasteiger partial charge in [0.25, 0.3) is 0 Å². The first-order valence-corrected chi connectivity index (χ1v) is 3.84. The average molecular weight is 153 g/mol. The van der Waals surface area contributed by atoms with Crippen LogP contribution in [0.25, 0.3) is 0 Å². The van der Waals surface area contributed by atoms with E-state index in [1.165, 1.54) is 0 Å². The van der Waals surface area contributed by atoms with Gasteiger partial charge in [-0.05, 0) is 12.8 Å². The summed E-state index contributed by atoms with van der Waals surface area (Å²) in [4.78, 5) is 11.1. The Labute approximate surface area is 65.2 Å². The molecule has 2 aliphatic rings. The number of carbonyl (C=O) groups excluding carboxylic acids is 1. The van der Waals surface area contributed by atoms with Gasteiger partial charge < -0.3 is 10.5 Å². The van der Waals surface area contributed by atoms with Crippen molar-refractivity contribution in [1.29, 1.82) is 0 Å². The molecule has 2 rings (SSSR count). The molecule has 1 aliphatic heterocycles. The van der Waals surface area contributed by atoms with Crippen LogP contribution in [-0.4, -0.2) is 18.1 Å². The number of ether oxygens (including phenoxy) is 1. The van der Waals surface area contributed by atoms with Gasteiger partial charge in [-0.3, -0.25) is 4.79 Å². The maximum absolute atomic E-state index is 11.1. The number of carbonyl (C=O) groups is 1. The number of nitrogens with two attached hydrogens (primary N) is 1. The summed E-state index contributed by atoms with van der Waals surface area (Å²) in [5, 5.41) is 0. The fraction of sp³-hybridized carbons (Fsp3) is 0.625. The van der Waals surface area contributed by atoms with Crippen molar-refractivity contribution in [3.8, 4) is 0 Å². The highest BCUT2D eigenvalue weighted by Crippen LogP contribution is 2.33. The van der Waals surface area contributed by atoms with Crippen molar-refractivity contribution in [2.45, 2.75) is 18.4 Å². The van der Waals surface area contributed by atoms with Crippen molar-refractivity contribution < 1.29 is 9.53 Å². The summed E-state index contributed by atoms with van der Waals surface area (Å²) in [7, 11) is 0. The molecule has 11 heavy (non-hydrogen) atoms. The van der Waals surface area contributed by atoms with Gasteiger partial charge in [-0.2, -0.15) is 0 Å². The van der Waals surface area contributed by atoms with E-state index in [0.717, 1.165) is 6.42 Å². The van der Waals surface area contributed by atoms with E-state index in [4.69, 9.17) is 10.5 Å². The van der Waals surface area contributed by atoms with Crippen LogP contribution in [0, 0.1) is 5.92 Å². The van der Waals surface area contributed by atoms with Crippen molar-refractivity contribution >= 4 is 5.97 Å². The van der Waals surface area contributed by atoms with Gasteiger partial charge in [0, 0.05) is 5.92 Å². The lowest BCUT2D eigenvalue weighted by molar-refractivity contribution is -0.142. The van der Waals surface area contributed by atoms with Gasteiger partial charge in [0.05, 0.1) is 6.61 Å². The predicted molar refractivity (Wildman–Crippen MR) is 39.7 cm³/mol. The van der Waals surface area contributed by atoms with Gasteiger partial charge >= 0.3 is 5.97 Å². The maximum atomic E-state index is 11.1. The zero-order valence-corrected chi connectivity index (χ0v) is 6.25. The fourth-order valence-electron chi connectivity index (χ4n) is 1.69. The molecule has 1 aliphatic carbocycles. The predicted octanol–water partition coefficient (Wildman–Crippen LogP) is 0.207. The molecule has 0 radical (unpaired) electrons. The van der Waals surface area contributed by atoms with E-state index >= 15 is 0 Å². The van der Waals surface area contributed by atoms with E-state index in [2.05, 4.69) is 6.08 Å². The molecule has 0 unspecified atom stereocenters. The summed E-state index contributed by atoms with van der Waals surface area (Å²) in [6, 6.07) is 0. The molecule has 0 bridgehead atoms. The third-order valence-electron chi connectivity index (χ3n) is 2.57. The quantitative estimate of drug-likeness (QED) is 0.399. The Morgan fingerprint density at radius 3 is 3.18 bits per heavy atom. The average Bonchev–Trinajstić information content (AvgIpc) is 2.29. The van der Waals surface area contributed by atoms with Crippen LogP contribution in [0.2, 0.25) is 0 Å². The molecule has 2 N–H and O–H groups in total. The molecule has 60 valence electrons. The molecule has 3 nitrogen and oxygen atoms in total. The van der Waals surface area contributed by atoms with Gasteiger partial charge in [0.1, 0.15) is 5.54 Å². The maximum Gasteiger partial charge on any atom is 0.326 e. The summed E-state index contributed by atoms with van der Waals surface area (Å²) < 4.78 is 4.90. The first-order valence-electron chi connectivity index (χ1n) is 3.84. The number of cyclic esters (lactones) is 1. The molecular weight excluding hydrogens is 142 g/mol. The summed E-state index contributed by atoms with van der Waals surface area (Å²) in [6.45, 7) is 0.500. The minimum Gasteiger partial charge on any atom is -0.464 e. The molecule has 0 aromatic heterocycles. The van der Waals surface area contributed by atoms with Gasteiger partial charge in [0.15, 0.2) is 0 Å². The van der Waals surface area contributed by atoms with E-state index < -0.39 is 5.54 Å². The van der Waals surface area contributed by atoms with E-state index in [-0.39, 0.29) is 11.9 Å². The third-order valence-corrected chi connectivity index (χ3v) is 2.57. The van der Waals surface area contributed by atoms with Crippen molar-refractivity contribution in [3.63, 3.8) is 0 Å². The molecule has 1 fully saturated rings. The highest BCUT2D eigenvalue weighted by atomic mass is 16.5. The summed E-state index contributed by atoms with van der Waals surface area (Å²) in [5.41, 5.74) is 5.18. The molecular formula is C8H11NO2. The summed E-state index contributed by atoms with van der Waals surface area (Å²) >= 11 is 0. The number of fused-ring (bicyclic) bond motifs is 1. The Kier molecular flexibility index (Phi) is 1.29. The van der Waals surface area contributed by atoms with Gasteiger partial charge in [-0.25, -0.2) is 0 Å². The van der Waals surface area contributed by atoms with Crippen LogP contribution in [-0.2, 0) is 9.53 Å². The van der Waals surface area contributed by atoms with Gasteiger partial charge in [-0.15, -0.1) is 0 Å². The van der Waals surface area contributed by atoms with E-state index in [1.807, 2.05) is 6.08 Å². The van der Waals surface area contributed by atoms with E-state index in [0.29, 0.717) is 13.0 Å². The molecule has 0 aromatic rings. The summed E-state index contributed by atoms with van der Waals surface area (Å²) in [5.74, 6) is -0.0214. The second-order valence-corrected chi connectivity index (χ2v) is 3.25. The summed E-state index contributed by atoms with van der Waals surface area (Å²) in [6.07, 6.45) is 5.54. The molecule has 0 spiro atoms. The SMILES string of the molecule is N[C@]12CC=CC[C@H]1COC2=O. The fourth-order valence-corrected chi connectivity index (χ4v) is 1.69. The van der Waals surface area contributed by atoms with Crippen LogP contribution >= 0.6 is 0 Å². The Morgan fingerprint density at radius 1 is 1.64 bits per heavy atom. The zero-order valence-electron chi connectivity index (χ0n) is 6.25. The van der Waals surface area contributed by atoms with Gasteiger partial charge in [0.2, 0.25) is 0 Å². The zero-order chi connectivity index (χ0) is 7.90. The highest BCUT2D eigenvalue weighted by Gasteiger charge is 2.48. The highest BCUT2D eigenvalue weighted by molar-refractivity contribution is 5.83. The van der Waals surface area contributed by atoms with Crippen LogP contribution in [0.5, 0.6) is 0 Å². The second kappa shape index (κ2) is 2.08. The minimum absolute atomic E-state index is 0.208. The molecule has 1 heterocycles. The largest absolute Gasteiger partial charge is 0.464 e. The number of hydrogen-bond acceptors (Lipinski definition) is 3. The van der Waals surface area contributed by atoms with Crippen molar-refractivity contribution in [2.24, 2.45) is 11.7 Å². The topological polar surface area (TPSA) is 52.3 Å². The third kappa shape index (κ3) is 0.807. The lowest BCUT2D eigenvalue weighted by Gasteiger charge is -2.27. The van der Waals surface area contributed by atoms with E-state index in [1.54, 1.807) is 0 Å². The van der Waals surface area contributed by atoms with E-state index in [9.17, 15) is 4.79 Å². The Balaban J connectivity index is 2.31. The molecule has 0 amide bonds. The molecule has 3 heteroatoms. The van der Waals surface area contributed by atoms with Crippen LogP contribution in [0.4, 0.5) is 0 Å². The lowest BCUT2D eigenvalue weighted by atomic mass is 9.79. The van der Waals surface area contributed by atoms with Gasteiger partial charge in [-0.1, -0.05) is 12.2 Å². The Bertz CT molecular complexity index is 224. The first-order chi connectivity index (χ1) is 5.23. The number of esters is 1. The molecule has 2 atom stereocenters. The normalized spacial score (nSPS) is 41.9. The Hall–Kier alpha value is -0.830. The van der Waals surface area contributed by atoms with Crippen molar-refractivity contribution in [2.75, 3.05) is 6.61 Å². The van der Waals surface area contributed by atoms with Crippen LogP contribution in [0.15, 0.2) is 12.2 Å². The van der Waals surface area contributed by atoms with Crippen molar-refractivity contribution in [3.05, 3.63) is 12.2 Å². The lowest BCUT2D eigenvalue weighted by Crippen LogP contribution is -2.50. The van der Waals surface area contributed by atoms with Crippen molar-refractivity contribution in [1.82, 2.24) is 0 Å². The Morgan fingerprint density at radius 2 is 2.45 bits per heavy atom. The number of hydrogen-bond donors (Lipinski definition) is 1. The molecule has 0 saturated carbocycles. The van der Waals surface area contributed by atoms with Crippen LogP contribution in [0.3, 0.4) is 0 Å². The molecule has 1 saturated heterocycles. The van der Waals surface area contributed by atoms with Crippen LogP contribution in [0.1, 0.15) is 12.8 Å². The minimum atomic E-state index is -0.700. The monoisotopic (exact) mass is 153 g/mol. The molecule has 0 aromatic carbocycles. The number of rotatable bonds is 0.